The average Bonchev–Trinajstić information content (AvgIpc) is 2.43. The van der Waals surface area contributed by atoms with E-state index in [9.17, 15) is 9.59 Å². The number of nitrogens with one attached hydrogen (secondary N) is 2. The van der Waals surface area contributed by atoms with Crippen LogP contribution in [0.3, 0.4) is 0 Å². The van der Waals surface area contributed by atoms with E-state index in [-0.39, 0.29) is 10.6 Å². The Morgan fingerprint density at radius 1 is 0.952 bits per heavy atom. The minimum absolute atomic E-state index is 0.0905. The topological polar surface area (TPSA) is 78.4 Å². The summed E-state index contributed by atoms with van der Waals surface area (Å²) in [6.45, 7) is 0. The quantitative estimate of drug-likeness (QED) is 0.785. The van der Waals surface area contributed by atoms with Crippen molar-refractivity contribution >= 4 is 46.6 Å². The van der Waals surface area contributed by atoms with Crippen LogP contribution in [0, 0.1) is 0 Å². The Bertz CT molecular complexity index is 704. The molecule has 0 fully saturated rings. The van der Waals surface area contributed by atoms with Crippen LogP contribution in [0.25, 0.3) is 0 Å². The molecule has 0 aromatic heterocycles. The van der Waals surface area contributed by atoms with Gasteiger partial charge in [0.15, 0.2) is 0 Å². The minimum atomic E-state index is -1.17. The van der Waals surface area contributed by atoms with Gasteiger partial charge in [-0.25, -0.2) is 9.59 Å². The van der Waals surface area contributed by atoms with Gasteiger partial charge in [-0.2, -0.15) is 0 Å². The Balaban J connectivity index is 2.12. The molecule has 21 heavy (non-hydrogen) atoms. The second kappa shape index (κ2) is 6.47. The lowest BCUT2D eigenvalue weighted by atomic mass is 10.2. The van der Waals surface area contributed by atoms with Gasteiger partial charge in [0.05, 0.1) is 21.3 Å². The Morgan fingerprint density at radius 2 is 1.67 bits per heavy atom. The smallest absolute Gasteiger partial charge is 0.337 e. The lowest BCUT2D eigenvalue weighted by Crippen LogP contribution is -2.19. The van der Waals surface area contributed by atoms with Gasteiger partial charge in [0, 0.05) is 5.69 Å². The molecule has 0 unspecified atom stereocenters. The van der Waals surface area contributed by atoms with Crippen LogP contribution in [0.15, 0.2) is 42.5 Å². The highest BCUT2D eigenvalue weighted by molar-refractivity contribution is 6.34. The second-order valence-electron chi connectivity index (χ2n) is 4.06. The van der Waals surface area contributed by atoms with Crippen molar-refractivity contribution in [1.82, 2.24) is 0 Å². The molecular weight excluding hydrogens is 315 g/mol. The molecule has 0 heterocycles. The highest BCUT2D eigenvalue weighted by Gasteiger charge is 2.11. The maximum Gasteiger partial charge on any atom is 0.337 e. The fourth-order valence-corrected chi connectivity index (χ4v) is 2.00. The first-order valence-corrected chi connectivity index (χ1v) is 6.58. The molecular formula is C14H10Cl2N2O3. The number of aromatic carboxylic acids is 1. The van der Waals surface area contributed by atoms with Crippen LogP contribution in [0.1, 0.15) is 10.4 Å². The Morgan fingerprint density at radius 3 is 2.33 bits per heavy atom. The fraction of sp³-hybridized carbons (Fsp3) is 0. The molecule has 0 aliphatic carbocycles. The van der Waals surface area contributed by atoms with Gasteiger partial charge in [-0.15, -0.1) is 0 Å². The summed E-state index contributed by atoms with van der Waals surface area (Å²) in [4.78, 5) is 22.8. The first-order valence-electron chi connectivity index (χ1n) is 5.83. The van der Waals surface area contributed by atoms with Gasteiger partial charge in [0.25, 0.3) is 0 Å². The van der Waals surface area contributed by atoms with Crippen LogP contribution in [-0.2, 0) is 0 Å². The van der Waals surface area contributed by atoms with Gasteiger partial charge < -0.3 is 15.7 Å². The van der Waals surface area contributed by atoms with E-state index in [4.69, 9.17) is 28.3 Å². The number of anilines is 2. The molecule has 2 aromatic rings. The van der Waals surface area contributed by atoms with E-state index in [1.807, 2.05) is 0 Å². The molecule has 0 saturated heterocycles. The average molecular weight is 325 g/mol. The van der Waals surface area contributed by atoms with Crippen molar-refractivity contribution in [1.29, 1.82) is 0 Å². The van der Waals surface area contributed by atoms with Crippen molar-refractivity contribution < 1.29 is 14.7 Å². The van der Waals surface area contributed by atoms with Crippen LogP contribution in [0.4, 0.5) is 16.2 Å². The standard InChI is InChI=1S/C14H10Cl2N2O3/c15-10-6-5-8(7-9(10)13(19)20)17-14(21)18-12-4-2-1-3-11(12)16/h1-7H,(H,19,20)(H2,17,18,21). The van der Waals surface area contributed by atoms with Gasteiger partial charge in [0.2, 0.25) is 0 Å². The van der Waals surface area contributed by atoms with Crippen molar-refractivity contribution in [2.24, 2.45) is 0 Å². The highest BCUT2D eigenvalue weighted by Crippen LogP contribution is 2.22. The normalized spacial score (nSPS) is 10.0. The summed E-state index contributed by atoms with van der Waals surface area (Å²) in [5.41, 5.74) is 0.664. The van der Waals surface area contributed by atoms with Gasteiger partial charge in [0.1, 0.15) is 0 Å². The van der Waals surface area contributed by atoms with E-state index >= 15 is 0 Å². The number of carbonyl (C=O) groups is 2. The Labute approximate surface area is 130 Å². The largest absolute Gasteiger partial charge is 0.478 e. The van der Waals surface area contributed by atoms with Crippen LogP contribution in [0.5, 0.6) is 0 Å². The second-order valence-corrected chi connectivity index (χ2v) is 4.87. The summed E-state index contributed by atoms with van der Waals surface area (Å²) in [6, 6.07) is 10.4. The molecule has 5 nitrogen and oxygen atoms in total. The molecule has 0 radical (unpaired) electrons. The Hall–Kier alpha value is -2.24. The van der Waals surface area contributed by atoms with Crippen LogP contribution in [0.2, 0.25) is 10.0 Å². The van der Waals surface area contributed by atoms with Crippen LogP contribution < -0.4 is 10.6 Å². The van der Waals surface area contributed by atoms with Crippen molar-refractivity contribution in [2.75, 3.05) is 10.6 Å². The first-order chi connectivity index (χ1) is 9.97. The zero-order chi connectivity index (χ0) is 15.4. The molecule has 0 atom stereocenters. The molecule has 2 rings (SSSR count). The number of para-hydroxylation sites is 1. The molecule has 0 aliphatic rings. The zero-order valence-corrected chi connectivity index (χ0v) is 12.1. The van der Waals surface area contributed by atoms with Crippen LogP contribution >= 0.6 is 23.2 Å². The van der Waals surface area contributed by atoms with E-state index in [0.29, 0.717) is 16.4 Å². The number of benzene rings is 2. The van der Waals surface area contributed by atoms with Gasteiger partial charge >= 0.3 is 12.0 Å². The summed E-state index contributed by atoms with van der Waals surface area (Å²) in [7, 11) is 0. The summed E-state index contributed by atoms with van der Waals surface area (Å²) >= 11 is 11.7. The minimum Gasteiger partial charge on any atom is -0.478 e. The highest BCUT2D eigenvalue weighted by atomic mass is 35.5. The fourth-order valence-electron chi connectivity index (χ4n) is 1.61. The molecule has 0 spiro atoms. The van der Waals surface area contributed by atoms with E-state index in [0.717, 1.165) is 0 Å². The molecule has 2 amide bonds. The summed E-state index contributed by atoms with van der Waals surface area (Å²) in [6.07, 6.45) is 0. The number of carboxylic acid groups (broad SMARTS) is 1. The summed E-state index contributed by atoms with van der Waals surface area (Å²) < 4.78 is 0. The molecule has 0 bridgehead atoms. The van der Waals surface area contributed by atoms with Crippen LogP contribution in [-0.4, -0.2) is 17.1 Å². The van der Waals surface area contributed by atoms with Crippen molar-refractivity contribution in [2.45, 2.75) is 0 Å². The molecule has 3 N–H and O–H groups in total. The SMILES string of the molecule is O=C(Nc1ccc(Cl)c(C(=O)O)c1)Nc1ccccc1Cl. The van der Waals surface area contributed by atoms with Crippen molar-refractivity contribution in [3.05, 3.63) is 58.1 Å². The molecule has 108 valence electrons. The molecule has 0 saturated carbocycles. The number of rotatable bonds is 3. The van der Waals surface area contributed by atoms with Crippen molar-refractivity contribution in [3.63, 3.8) is 0 Å². The number of urea groups is 1. The lowest BCUT2D eigenvalue weighted by Gasteiger charge is -2.09. The number of hydrogen-bond acceptors (Lipinski definition) is 2. The van der Waals surface area contributed by atoms with Gasteiger partial charge in [-0.1, -0.05) is 35.3 Å². The molecule has 2 aromatic carbocycles. The Kier molecular flexibility index (Phi) is 4.67. The van der Waals surface area contributed by atoms with Gasteiger partial charge in [-0.3, -0.25) is 0 Å². The molecule has 7 heteroatoms. The monoisotopic (exact) mass is 324 g/mol. The summed E-state index contributed by atoms with van der Waals surface area (Å²) in [5, 5.41) is 14.5. The maximum atomic E-state index is 11.8. The number of carbonyl (C=O) groups excluding carboxylic acids is 1. The maximum absolute atomic E-state index is 11.8. The molecule has 0 aliphatic heterocycles. The number of hydrogen-bond donors (Lipinski definition) is 3. The predicted octanol–water partition coefficient (Wildman–Crippen LogP) is 4.34. The predicted molar refractivity (Wildman–Crippen MR) is 82.5 cm³/mol. The van der Waals surface area contributed by atoms with Crippen molar-refractivity contribution in [3.8, 4) is 0 Å². The van der Waals surface area contributed by atoms with E-state index in [1.165, 1.54) is 18.2 Å². The van der Waals surface area contributed by atoms with Gasteiger partial charge in [-0.05, 0) is 30.3 Å². The number of halogens is 2. The van der Waals surface area contributed by atoms with E-state index < -0.39 is 12.0 Å². The third kappa shape index (κ3) is 3.87. The van der Waals surface area contributed by atoms with E-state index in [1.54, 1.807) is 24.3 Å². The first kappa shape index (κ1) is 15.2. The third-order valence-electron chi connectivity index (χ3n) is 2.58. The number of amides is 2. The number of carboxylic acids is 1. The third-order valence-corrected chi connectivity index (χ3v) is 3.24. The summed E-state index contributed by atoms with van der Waals surface area (Å²) in [5.74, 6) is -1.17. The van der Waals surface area contributed by atoms with E-state index in [2.05, 4.69) is 10.6 Å². The zero-order valence-electron chi connectivity index (χ0n) is 10.6. The lowest BCUT2D eigenvalue weighted by molar-refractivity contribution is 0.0697.